The van der Waals surface area contributed by atoms with Crippen molar-refractivity contribution in [2.24, 2.45) is 0 Å². The van der Waals surface area contributed by atoms with Crippen LogP contribution >= 0.6 is 0 Å². The van der Waals surface area contributed by atoms with Crippen LogP contribution in [-0.4, -0.2) is 14.2 Å². The number of methoxy groups -OCH3 is 2. The summed E-state index contributed by atoms with van der Waals surface area (Å²) in [5.74, 6) is 3.37. The maximum Gasteiger partial charge on any atom is 0.134 e. The molecule has 0 aliphatic rings. The largest absolute Gasteiger partial charge is 0.496 e. The lowest BCUT2D eigenvalue weighted by molar-refractivity contribution is 0.375. The smallest absolute Gasteiger partial charge is 0.134 e. The third-order valence-electron chi connectivity index (χ3n) is 3.07. The standard InChI is InChI=1S/C17H20O3/c1-12(2)17-15(18-3)10-14(11-16(17)19-4)20-13-8-6-5-7-9-13/h5-12H,1-4H3. The van der Waals surface area contributed by atoms with Crippen molar-refractivity contribution in [1.29, 1.82) is 0 Å². The SMILES string of the molecule is COc1cc(Oc2ccccc2)cc(OC)c1C(C)C. The van der Waals surface area contributed by atoms with Gasteiger partial charge in [-0.1, -0.05) is 32.0 Å². The molecule has 0 aliphatic heterocycles. The number of rotatable bonds is 5. The zero-order valence-electron chi connectivity index (χ0n) is 12.3. The van der Waals surface area contributed by atoms with Gasteiger partial charge in [-0.25, -0.2) is 0 Å². The Balaban J connectivity index is 2.40. The molecule has 2 aromatic rings. The summed E-state index contributed by atoms with van der Waals surface area (Å²) in [6, 6.07) is 13.4. The summed E-state index contributed by atoms with van der Waals surface area (Å²) in [6.45, 7) is 4.22. The minimum atomic E-state index is 0.311. The fraction of sp³-hybridized carbons (Fsp3) is 0.294. The molecule has 0 fully saturated rings. The van der Waals surface area contributed by atoms with Gasteiger partial charge in [0.15, 0.2) is 0 Å². The van der Waals surface area contributed by atoms with Crippen LogP contribution in [0.2, 0.25) is 0 Å². The van der Waals surface area contributed by atoms with Gasteiger partial charge in [-0.05, 0) is 18.1 Å². The molecule has 0 bridgehead atoms. The molecule has 106 valence electrons. The molecular weight excluding hydrogens is 252 g/mol. The first-order valence-electron chi connectivity index (χ1n) is 6.64. The van der Waals surface area contributed by atoms with Crippen molar-refractivity contribution in [1.82, 2.24) is 0 Å². The molecule has 3 heteroatoms. The van der Waals surface area contributed by atoms with Crippen LogP contribution in [0.3, 0.4) is 0 Å². The van der Waals surface area contributed by atoms with E-state index in [2.05, 4.69) is 13.8 Å². The van der Waals surface area contributed by atoms with Crippen LogP contribution in [0.25, 0.3) is 0 Å². The summed E-state index contributed by atoms with van der Waals surface area (Å²) in [6.07, 6.45) is 0. The average molecular weight is 272 g/mol. The lowest BCUT2D eigenvalue weighted by Gasteiger charge is -2.18. The van der Waals surface area contributed by atoms with Gasteiger partial charge >= 0.3 is 0 Å². The predicted octanol–water partition coefficient (Wildman–Crippen LogP) is 4.62. The Hall–Kier alpha value is -2.16. The van der Waals surface area contributed by atoms with Crippen LogP contribution in [0.15, 0.2) is 42.5 Å². The first kappa shape index (κ1) is 14.3. The summed E-state index contributed by atoms with van der Waals surface area (Å²) < 4.78 is 16.8. The molecular formula is C17H20O3. The van der Waals surface area contributed by atoms with Gasteiger partial charge in [-0.2, -0.15) is 0 Å². The molecule has 0 saturated heterocycles. The first-order valence-corrected chi connectivity index (χ1v) is 6.64. The Bertz CT molecular complexity index is 537. The monoisotopic (exact) mass is 272 g/mol. The highest BCUT2D eigenvalue weighted by Crippen LogP contribution is 2.39. The van der Waals surface area contributed by atoms with Crippen molar-refractivity contribution in [2.45, 2.75) is 19.8 Å². The summed E-state index contributed by atoms with van der Waals surface area (Å²) in [5.41, 5.74) is 1.05. The van der Waals surface area contributed by atoms with E-state index >= 15 is 0 Å². The molecule has 0 N–H and O–H groups in total. The molecule has 3 nitrogen and oxygen atoms in total. The quantitative estimate of drug-likeness (QED) is 0.795. The lowest BCUT2D eigenvalue weighted by atomic mass is 10.0. The highest BCUT2D eigenvalue weighted by atomic mass is 16.5. The summed E-state index contributed by atoms with van der Waals surface area (Å²) in [5, 5.41) is 0. The van der Waals surface area contributed by atoms with E-state index < -0.39 is 0 Å². The Labute approximate surface area is 120 Å². The van der Waals surface area contributed by atoms with Crippen LogP contribution in [0.4, 0.5) is 0 Å². The third kappa shape index (κ3) is 3.05. The fourth-order valence-corrected chi connectivity index (χ4v) is 2.17. The van der Waals surface area contributed by atoms with E-state index in [0.717, 1.165) is 22.8 Å². The Morgan fingerprint density at radius 2 is 1.35 bits per heavy atom. The van der Waals surface area contributed by atoms with Crippen LogP contribution in [0, 0.1) is 0 Å². The van der Waals surface area contributed by atoms with Gasteiger partial charge in [-0.3, -0.25) is 0 Å². The van der Waals surface area contributed by atoms with E-state index in [1.807, 2.05) is 42.5 Å². The van der Waals surface area contributed by atoms with Gasteiger partial charge in [0.25, 0.3) is 0 Å². The fourth-order valence-electron chi connectivity index (χ4n) is 2.17. The van der Waals surface area contributed by atoms with Gasteiger partial charge < -0.3 is 14.2 Å². The Morgan fingerprint density at radius 1 is 0.800 bits per heavy atom. The molecule has 2 rings (SSSR count). The molecule has 0 heterocycles. The highest BCUT2D eigenvalue weighted by molar-refractivity contribution is 5.53. The molecule has 2 aromatic carbocycles. The minimum absolute atomic E-state index is 0.311. The topological polar surface area (TPSA) is 27.7 Å². The molecule has 20 heavy (non-hydrogen) atoms. The van der Waals surface area contributed by atoms with Crippen LogP contribution in [-0.2, 0) is 0 Å². The number of para-hydroxylation sites is 1. The van der Waals surface area contributed by atoms with Crippen molar-refractivity contribution in [3.63, 3.8) is 0 Å². The number of benzene rings is 2. The van der Waals surface area contributed by atoms with E-state index in [1.165, 1.54) is 0 Å². The second-order valence-electron chi connectivity index (χ2n) is 4.81. The number of hydrogen-bond acceptors (Lipinski definition) is 3. The lowest BCUT2D eigenvalue weighted by Crippen LogP contribution is -1.99. The van der Waals surface area contributed by atoms with E-state index in [-0.39, 0.29) is 0 Å². The summed E-state index contributed by atoms with van der Waals surface area (Å²) in [7, 11) is 3.32. The minimum Gasteiger partial charge on any atom is -0.496 e. The van der Waals surface area contributed by atoms with Crippen molar-refractivity contribution in [3.8, 4) is 23.0 Å². The van der Waals surface area contributed by atoms with Gasteiger partial charge in [0.1, 0.15) is 23.0 Å². The highest BCUT2D eigenvalue weighted by Gasteiger charge is 2.16. The van der Waals surface area contributed by atoms with E-state index in [9.17, 15) is 0 Å². The predicted molar refractivity (Wildman–Crippen MR) is 80.2 cm³/mol. The van der Waals surface area contributed by atoms with Crippen molar-refractivity contribution < 1.29 is 14.2 Å². The number of ether oxygens (including phenoxy) is 3. The van der Waals surface area contributed by atoms with E-state index in [4.69, 9.17) is 14.2 Å². The van der Waals surface area contributed by atoms with Crippen molar-refractivity contribution in [3.05, 3.63) is 48.0 Å². The van der Waals surface area contributed by atoms with E-state index in [0.29, 0.717) is 11.7 Å². The second-order valence-corrected chi connectivity index (χ2v) is 4.81. The Kier molecular flexibility index (Phi) is 4.51. The molecule has 0 saturated carbocycles. The molecule has 0 amide bonds. The van der Waals surface area contributed by atoms with Crippen molar-refractivity contribution in [2.75, 3.05) is 14.2 Å². The molecule has 0 aromatic heterocycles. The first-order chi connectivity index (χ1) is 9.65. The normalized spacial score (nSPS) is 10.4. The molecule has 0 aliphatic carbocycles. The average Bonchev–Trinajstić information content (AvgIpc) is 2.46. The third-order valence-corrected chi connectivity index (χ3v) is 3.07. The second kappa shape index (κ2) is 6.33. The maximum absolute atomic E-state index is 5.84. The van der Waals surface area contributed by atoms with Gasteiger partial charge in [0.05, 0.1) is 14.2 Å². The summed E-state index contributed by atoms with van der Waals surface area (Å²) >= 11 is 0. The van der Waals surface area contributed by atoms with Gasteiger partial charge in [-0.15, -0.1) is 0 Å². The maximum atomic E-state index is 5.84. The molecule has 0 spiro atoms. The van der Waals surface area contributed by atoms with Crippen LogP contribution in [0.1, 0.15) is 25.3 Å². The van der Waals surface area contributed by atoms with Gasteiger partial charge in [0, 0.05) is 17.7 Å². The molecule has 0 atom stereocenters. The Morgan fingerprint density at radius 3 is 1.80 bits per heavy atom. The van der Waals surface area contributed by atoms with Crippen molar-refractivity contribution >= 4 is 0 Å². The van der Waals surface area contributed by atoms with E-state index in [1.54, 1.807) is 14.2 Å². The van der Waals surface area contributed by atoms with Gasteiger partial charge in [0.2, 0.25) is 0 Å². The molecule has 0 unspecified atom stereocenters. The molecule has 0 radical (unpaired) electrons. The van der Waals surface area contributed by atoms with Crippen LogP contribution in [0.5, 0.6) is 23.0 Å². The van der Waals surface area contributed by atoms with Crippen LogP contribution < -0.4 is 14.2 Å². The number of hydrogen-bond donors (Lipinski definition) is 0. The zero-order chi connectivity index (χ0) is 14.5. The summed E-state index contributed by atoms with van der Waals surface area (Å²) in [4.78, 5) is 0. The zero-order valence-corrected chi connectivity index (χ0v) is 12.3.